The summed E-state index contributed by atoms with van der Waals surface area (Å²) in [6.07, 6.45) is 0. The highest BCUT2D eigenvalue weighted by atomic mass is 32.2. The molecular formula is C9H14N2S. The van der Waals surface area contributed by atoms with Crippen molar-refractivity contribution in [2.75, 3.05) is 5.32 Å². The normalized spacial score (nSPS) is 10.3. The molecule has 0 aliphatic heterocycles. The highest BCUT2D eigenvalue weighted by Gasteiger charge is 2.00. The van der Waals surface area contributed by atoms with Crippen LogP contribution in [0.15, 0.2) is 29.2 Å². The number of hydrogen-bond donors (Lipinski definition) is 2. The molecule has 0 saturated heterocycles. The smallest absolute Gasteiger partial charge is 0.0493 e. The Kier molecular flexibility index (Phi) is 3.44. The quantitative estimate of drug-likeness (QED) is 0.705. The maximum atomic E-state index is 5.50. The molecule has 0 fully saturated rings. The SMILES string of the molecule is CC(C)Nc1ccccc1SN. The monoisotopic (exact) mass is 182 g/mol. The van der Waals surface area contributed by atoms with E-state index in [1.54, 1.807) is 0 Å². The van der Waals surface area contributed by atoms with E-state index in [1.165, 1.54) is 11.9 Å². The van der Waals surface area contributed by atoms with Crippen LogP contribution in [0.5, 0.6) is 0 Å². The van der Waals surface area contributed by atoms with E-state index >= 15 is 0 Å². The number of hydrogen-bond acceptors (Lipinski definition) is 3. The molecule has 0 aliphatic carbocycles. The van der Waals surface area contributed by atoms with Gasteiger partial charge in [-0.15, -0.1) is 0 Å². The number of rotatable bonds is 3. The van der Waals surface area contributed by atoms with Crippen molar-refractivity contribution in [1.82, 2.24) is 0 Å². The largest absolute Gasteiger partial charge is 0.382 e. The fourth-order valence-electron chi connectivity index (χ4n) is 1.000. The van der Waals surface area contributed by atoms with E-state index in [9.17, 15) is 0 Å². The van der Waals surface area contributed by atoms with Crippen molar-refractivity contribution in [2.24, 2.45) is 5.14 Å². The fraction of sp³-hybridized carbons (Fsp3) is 0.333. The van der Waals surface area contributed by atoms with Gasteiger partial charge >= 0.3 is 0 Å². The van der Waals surface area contributed by atoms with Crippen LogP contribution in [0.2, 0.25) is 0 Å². The molecule has 1 rings (SSSR count). The van der Waals surface area contributed by atoms with E-state index in [-0.39, 0.29) is 0 Å². The molecule has 2 nitrogen and oxygen atoms in total. The van der Waals surface area contributed by atoms with Gasteiger partial charge in [0.05, 0.1) is 0 Å². The summed E-state index contributed by atoms with van der Waals surface area (Å²) in [5.41, 5.74) is 1.11. The van der Waals surface area contributed by atoms with Gasteiger partial charge in [0, 0.05) is 16.6 Å². The number of nitrogens with one attached hydrogen (secondary N) is 1. The first-order valence-electron chi connectivity index (χ1n) is 3.96. The molecule has 66 valence electrons. The lowest BCUT2D eigenvalue weighted by atomic mass is 10.3. The highest BCUT2D eigenvalue weighted by molar-refractivity contribution is 7.97. The molecular weight excluding hydrogens is 168 g/mol. The maximum Gasteiger partial charge on any atom is 0.0493 e. The van der Waals surface area contributed by atoms with Crippen LogP contribution in [0.1, 0.15) is 13.8 Å². The Hall–Kier alpha value is -0.670. The van der Waals surface area contributed by atoms with E-state index in [2.05, 4.69) is 19.2 Å². The van der Waals surface area contributed by atoms with Gasteiger partial charge in [-0.2, -0.15) is 0 Å². The Morgan fingerprint density at radius 3 is 2.58 bits per heavy atom. The predicted octanol–water partition coefficient (Wildman–Crippen LogP) is 2.47. The fourth-order valence-corrected chi connectivity index (χ4v) is 1.41. The highest BCUT2D eigenvalue weighted by Crippen LogP contribution is 2.22. The van der Waals surface area contributed by atoms with Gasteiger partial charge in [-0.3, -0.25) is 5.14 Å². The topological polar surface area (TPSA) is 38.0 Å². The van der Waals surface area contributed by atoms with Gasteiger partial charge in [-0.05, 0) is 37.9 Å². The van der Waals surface area contributed by atoms with Crippen molar-refractivity contribution in [1.29, 1.82) is 0 Å². The Morgan fingerprint density at radius 1 is 1.33 bits per heavy atom. The van der Waals surface area contributed by atoms with Crippen LogP contribution in [0.25, 0.3) is 0 Å². The first-order valence-corrected chi connectivity index (χ1v) is 4.84. The maximum absolute atomic E-state index is 5.50. The van der Waals surface area contributed by atoms with Crippen LogP contribution >= 0.6 is 11.9 Å². The zero-order chi connectivity index (χ0) is 8.97. The van der Waals surface area contributed by atoms with Crippen molar-refractivity contribution in [3.63, 3.8) is 0 Å². The van der Waals surface area contributed by atoms with E-state index < -0.39 is 0 Å². The van der Waals surface area contributed by atoms with E-state index in [0.29, 0.717) is 6.04 Å². The van der Waals surface area contributed by atoms with Gasteiger partial charge < -0.3 is 5.32 Å². The summed E-state index contributed by atoms with van der Waals surface area (Å²) in [6.45, 7) is 4.22. The summed E-state index contributed by atoms with van der Waals surface area (Å²) in [5, 5.41) is 8.83. The van der Waals surface area contributed by atoms with Crippen LogP contribution in [-0.4, -0.2) is 6.04 Å². The summed E-state index contributed by atoms with van der Waals surface area (Å²) in [6, 6.07) is 8.48. The van der Waals surface area contributed by atoms with Crippen molar-refractivity contribution >= 4 is 17.6 Å². The van der Waals surface area contributed by atoms with Crippen molar-refractivity contribution in [2.45, 2.75) is 24.8 Å². The lowest BCUT2D eigenvalue weighted by Gasteiger charge is -2.12. The molecule has 0 saturated carbocycles. The van der Waals surface area contributed by atoms with Gasteiger partial charge in [-0.25, -0.2) is 0 Å². The molecule has 0 radical (unpaired) electrons. The predicted molar refractivity (Wildman–Crippen MR) is 55.2 cm³/mol. The Bertz CT molecular complexity index is 248. The van der Waals surface area contributed by atoms with Crippen LogP contribution in [0, 0.1) is 0 Å². The molecule has 3 heteroatoms. The third-order valence-corrected chi connectivity index (χ3v) is 2.07. The molecule has 0 heterocycles. The van der Waals surface area contributed by atoms with Crippen molar-refractivity contribution < 1.29 is 0 Å². The molecule has 1 aromatic carbocycles. The minimum atomic E-state index is 0.443. The molecule has 0 bridgehead atoms. The van der Waals surface area contributed by atoms with E-state index in [1.807, 2.05) is 24.3 Å². The van der Waals surface area contributed by atoms with Gasteiger partial charge in [0.1, 0.15) is 0 Å². The minimum Gasteiger partial charge on any atom is -0.382 e. The van der Waals surface area contributed by atoms with E-state index in [0.717, 1.165) is 10.6 Å². The van der Waals surface area contributed by atoms with Crippen LogP contribution < -0.4 is 10.5 Å². The Labute approximate surface area is 77.7 Å². The second-order valence-corrected chi connectivity index (χ2v) is 3.59. The molecule has 0 atom stereocenters. The molecule has 3 N–H and O–H groups in total. The van der Waals surface area contributed by atoms with Gasteiger partial charge in [0.25, 0.3) is 0 Å². The number of para-hydroxylation sites is 1. The van der Waals surface area contributed by atoms with Crippen molar-refractivity contribution in [3.8, 4) is 0 Å². The molecule has 0 aromatic heterocycles. The van der Waals surface area contributed by atoms with Crippen LogP contribution in [-0.2, 0) is 0 Å². The lowest BCUT2D eigenvalue weighted by Crippen LogP contribution is -2.10. The second kappa shape index (κ2) is 4.38. The van der Waals surface area contributed by atoms with Crippen LogP contribution in [0.4, 0.5) is 5.69 Å². The molecule has 0 spiro atoms. The first kappa shape index (κ1) is 9.42. The van der Waals surface area contributed by atoms with Gasteiger partial charge in [0.15, 0.2) is 0 Å². The molecule has 0 amide bonds. The number of anilines is 1. The molecule has 1 aromatic rings. The van der Waals surface area contributed by atoms with E-state index in [4.69, 9.17) is 5.14 Å². The standard InChI is InChI=1S/C9H14N2S/c1-7(2)11-8-5-3-4-6-9(8)12-10/h3-7,11H,10H2,1-2H3. The third-order valence-electron chi connectivity index (χ3n) is 1.46. The average molecular weight is 182 g/mol. The minimum absolute atomic E-state index is 0.443. The summed E-state index contributed by atoms with van der Waals surface area (Å²) in [7, 11) is 0. The first-order chi connectivity index (χ1) is 5.74. The average Bonchev–Trinajstić information content (AvgIpc) is 2.04. The lowest BCUT2D eigenvalue weighted by molar-refractivity contribution is 0.894. The van der Waals surface area contributed by atoms with Gasteiger partial charge in [0.2, 0.25) is 0 Å². The zero-order valence-corrected chi connectivity index (χ0v) is 8.19. The summed E-state index contributed by atoms with van der Waals surface area (Å²) < 4.78 is 0. The number of nitrogens with two attached hydrogens (primary N) is 1. The van der Waals surface area contributed by atoms with Crippen LogP contribution in [0.3, 0.4) is 0 Å². The zero-order valence-electron chi connectivity index (χ0n) is 7.37. The summed E-state index contributed by atoms with van der Waals surface area (Å²) in [5.74, 6) is 0. The van der Waals surface area contributed by atoms with Gasteiger partial charge in [-0.1, -0.05) is 12.1 Å². The molecule has 0 unspecified atom stereocenters. The van der Waals surface area contributed by atoms with Crippen molar-refractivity contribution in [3.05, 3.63) is 24.3 Å². The summed E-state index contributed by atoms with van der Waals surface area (Å²) in [4.78, 5) is 1.09. The third kappa shape index (κ3) is 2.43. The second-order valence-electron chi connectivity index (χ2n) is 2.91. The molecule has 0 aliphatic rings. The molecule has 12 heavy (non-hydrogen) atoms. The number of benzene rings is 1. The Balaban J connectivity index is 2.82. The Morgan fingerprint density at radius 2 is 2.00 bits per heavy atom. The summed E-state index contributed by atoms with van der Waals surface area (Å²) >= 11 is 1.27.